The largest absolute Gasteiger partial charge is 0.379 e. The third-order valence-electron chi connectivity index (χ3n) is 5.57. The van der Waals surface area contributed by atoms with Crippen LogP contribution in [0.3, 0.4) is 0 Å². The summed E-state index contributed by atoms with van der Waals surface area (Å²) in [6, 6.07) is 8.91. The first-order valence-corrected chi connectivity index (χ1v) is 11.6. The number of rotatable bonds is 13. The summed E-state index contributed by atoms with van der Waals surface area (Å²) in [7, 11) is 1.82. The quantitative estimate of drug-likeness (QED) is 0.171. The number of likely N-dealkylation sites (tertiary alicyclic amines) is 1. The summed E-state index contributed by atoms with van der Waals surface area (Å²) in [6.45, 7) is 12.3. The minimum absolute atomic E-state index is 0. The third kappa shape index (κ3) is 12.7. The molecule has 0 spiro atoms. The zero-order chi connectivity index (χ0) is 21.4. The molecule has 1 aliphatic rings. The molecule has 0 saturated carbocycles. The molecule has 1 saturated heterocycles. The summed E-state index contributed by atoms with van der Waals surface area (Å²) in [5.41, 5.74) is 2.74. The van der Waals surface area contributed by atoms with E-state index < -0.39 is 0 Å². The van der Waals surface area contributed by atoms with Gasteiger partial charge in [-0.15, -0.1) is 24.0 Å². The number of ether oxygens (including phenoxy) is 2. The Morgan fingerprint density at radius 1 is 1.03 bits per heavy atom. The highest BCUT2D eigenvalue weighted by molar-refractivity contribution is 14.0. The fourth-order valence-electron chi connectivity index (χ4n) is 3.57. The number of halogens is 1. The van der Waals surface area contributed by atoms with Crippen LogP contribution in [-0.2, 0) is 16.0 Å². The molecule has 0 aromatic heterocycles. The van der Waals surface area contributed by atoms with Crippen LogP contribution in [0.15, 0.2) is 29.3 Å². The summed E-state index contributed by atoms with van der Waals surface area (Å²) >= 11 is 0. The van der Waals surface area contributed by atoms with Crippen molar-refractivity contribution in [1.29, 1.82) is 0 Å². The zero-order valence-electron chi connectivity index (χ0n) is 19.7. The van der Waals surface area contributed by atoms with E-state index in [9.17, 15) is 0 Å². The van der Waals surface area contributed by atoms with Crippen LogP contribution in [0.1, 0.15) is 43.7 Å². The van der Waals surface area contributed by atoms with Gasteiger partial charge in [0.05, 0.1) is 19.8 Å². The van der Waals surface area contributed by atoms with Crippen molar-refractivity contribution in [3.63, 3.8) is 0 Å². The molecule has 1 aromatic carbocycles. The Morgan fingerprint density at radius 3 is 2.35 bits per heavy atom. The molecule has 1 aliphatic heterocycles. The van der Waals surface area contributed by atoms with Gasteiger partial charge in [0, 0.05) is 33.3 Å². The first-order valence-electron chi connectivity index (χ1n) is 11.6. The smallest absolute Gasteiger partial charge is 0.191 e. The second-order valence-electron chi connectivity index (χ2n) is 8.16. The van der Waals surface area contributed by atoms with Crippen LogP contribution in [0.4, 0.5) is 0 Å². The molecule has 1 heterocycles. The maximum absolute atomic E-state index is 5.59. The summed E-state index contributed by atoms with van der Waals surface area (Å²) in [5, 5.41) is 6.80. The molecule has 0 aliphatic carbocycles. The number of hydrogen-bond acceptors (Lipinski definition) is 4. The van der Waals surface area contributed by atoms with Crippen molar-refractivity contribution in [2.75, 3.05) is 59.7 Å². The normalized spacial score (nSPS) is 15.5. The Balaban J connectivity index is 0.00000480. The first kappa shape index (κ1) is 28.1. The Kier molecular flexibility index (Phi) is 16.0. The maximum atomic E-state index is 5.59. The van der Waals surface area contributed by atoms with Crippen LogP contribution in [-0.4, -0.2) is 70.5 Å². The van der Waals surface area contributed by atoms with Crippen molar-refractivity contribution in [3.8, 4) is 0 Å². The van der Waals surface area contributed by atoms with Crippen LogP contribution in [0.25, 0.3) is 0 Å². The van der Waals surface area contributed by atoms with Gasteiger partial charge in [0.15, 0.2) is 5.96 Å². The van der Waals surface area contributed by atoms with E-state index >= 15 is 0 Å². The van der Waals surface area contributed by atoms with Crippen molar-refractivity contribution in [1.82, 2.24) is 15.5 Å². The molecule has 1 aromatic rings. The SMILES string of the molecule is CCCCOCCOCCNC(=NC)NCC1CCN(Cc2ccc(C)cc2)CC1.I. The van der Waals surface area contributed by atoms with Gasteiger partial charge in [-0.25, -0.2) is 0 Å². The summed E-state index contributed by atoms with van der Waals surface area (Å²) in [6.07, 6.45) is 4.76. The van der Waals surface area contributed by atoms with E-state index in [-0.39, 0.29) is 24.0 Å². The van der Waals surface area contributed by atoms with E-state index in [0.717, 1.165) is 38.6 Å². The number of piperidine rings is 1. The van der Waals surface area contributed by atoms with Gasteiger partial charge in [-0.3, -0.25) is 9.89 Å². The lowest BCUT2D eigenvalue weighted by Gasteiger charge is -2.32. The number of aryl methyl sites for hydroxylation is 1. The van der Waals surface area contributed by atoms with Gasteiger partial charge >= 0.3 is 0 Å². The maximum Gasteiger partial charge on any atom is 0.191 e. The third-order valence-corrected chi connectivity index (χ3v) is 5.57. The molecule has 0 unspecified atom stereocenters. The van der Waals surface area contributed by atoms with Gasteiger partial charge in [-0.05, 0) is 50.8 Å². The highest BCUT2D eigenvalue weighted by atomic mass is 127. The van der Waals surface area contributed by atoms with Crippen molar-refractivity contribution in [2.45, 2.75) is 46.1 Å². The topological polar surface area (TPSA) is 58.1 Å². The predicted octanol–water partition coefficient (Wildman–Crippen LogP) is 3.82. The lowest BCUT2D eigenvalue weighted by Crippen LogP contribution is -2.43. The van der Waals surface area contributed by atoms with Crippen LogP contribution in [0.5, 0.6) is 0 Å². The second-order valence-corrected chi connectivity index (χ2v) is 8.16. The molecule has 1 fully saturated rings. The number of hydrogen-bond donors (Lipinski definition) is 2. The Hall–Kier alpha value is -0.900. The van der Waals surface area contributed by atoms with Gasteiger partial charge in [-0.1, -0.05) is 43.2 Å². The molecule has 7 heteroatoms. The van der Waals surface area contributed by atoms with E-state index in [1.807, 2.05) is 7.05 Å². The highest BCUT2D eigenvalue weighted by Gasteiger charge is 2.19. The number of aliphatic imine (C=N–C) groups is 1. The van der Waals surface area contributed by atoms with E-state index in [2.05, 4.69) is 58.6 Å². The van der Waals surface area contributed by atoms with Gasteiger partial charge in [0.2, 0.25) is 0 Å². The minimum atomic E-state index is 0. The molecule has 6 nitrogen and oxygen atoms in total. The lowest BCUT2D eigenvalue weighted by atomic mass is 9.96. The predicted molar refractivity (Wildman–Crippen MR) is 141 cm³/mol. The monoisotopic (exact) mass is 546 g/mol. The second kappa shape index (κ2) is 17.6. The molecule has 0 atom stereocenters. The van der Waals surface area contributed by atoms with E-state index in [1.165, 1.54) is 43.5 Å². The molecule has 2 N–H and O–H groups in total. The molecule has 31 heavy (non-hydrogen) atoms. The van der Waals surface area contributed by atoms with Crippen molar-refractivity contribution >= 4 is 29.9 Å². The van der Waals surface area contributed by atoms with E-state index in [4.69, 9.17) is 9.47 Å². The van der Waals surface area contributed by atoms with E-state index in [0.29, 0.717) is 25.7 Å². The van der Waals surface area contributed by atoms with Gasteiger partial charge < -0.3 is 20.1 Å². The van der Waals surface area contributed by atoms with Crippen LogP contribution >= 0.6 is 24.0 Å². The Labute approximate surface area is 206 Å². The lowest BCUT2D eigenvalue weighted by molar-refractivity contribution is 0.0487. The van der Waals surface area contributed by atoms with Gasteiger partial charge in [0.1, 0.15) is 0 Å². The Morgan fingerprint density at radius 2 is 1.71 bits per heavy atom. The van der Waals surface area contributed by atoms with Crippen molar-refractivity contribution in [3.05, 3.63) is 35.4 Å². The highest BCUT2D eigenvalue weighted by Crippen LogP contribution is 2.18. The number of guanidine groups is 1. The molecular formula is C24H43IN4O2. The molecule has 0 amide bonds. The standard InChI is InChI=1S/C24H42N4O2.HI/c1-4-5-15-29-17-18-30-16-12-26-24(25-3)27-19-22-10-13-28(14-11-22)20-23-8-6-21(2)7-9-23;/h6-9,22H,4-5,10-20H2,1-3H3,(H2,25,26,27);1H. The van der Waals surface area contributed by atoms with Gasteiger partial charge in [0.25, 0.3) is 0 Å². The molecule has 0 radical (unpaired) electrons. The number of unbranched alkanes of at least 4 members (excludes halogenated alkanes) is 1. The van der Waals surface area contributed by atoms with Crippen LogP contribution < -0.4 is 10.6 Å². The average Bonchev–Trinajstić information content (AvgIpc) is 2.77. The molecule has 0 bridgehead atoms. The molecule has 178 valence electrons. The number of nitrogens with zero attached hydrogens (tertiary/aromatic N) is 2. The fourth-order valence-corrected chi connectivity index (χ4v) is 3.57. The summed E-state index contributed by atoms with van der Waals surface area (Å²) in [4.78, 5) is 6.89. The van der Waals surface area contributed by atoms with Crippen molar-refractivity contribution in [2.24, 2.45) is 10.9 Å². The summed E-state index contributed by atoms with van der Waals surface area (Å²) in [5.74, 6) is 1.56. The number of nitrogens with one attached hydrogen (secondary N) is 2. The molecule has 2 rings (SSSR count). The minimum Gasteiger partial charge on any atom is -0.379 e. The zero-order valence-corrected chi connectivity index (χ0v) is 22.0. The first-order chi connectivity index (χ1) is 14.7. The molecular weight excluding hydrogens is 503 g/mol. The average molecular weight is 547 g/mol. The van der Waals surface area contributed by atoms with Crippen molar-refractivity contribution < 1.29 is 9.47 Å². The fraction of sp³-hybridized carbons (Fsp3) is 0.708. The number of benzene rings is 1. The van der Waals surface area contributed by atoms with Crippen LogP contribution in [0, 0.1) is 12.8 Å². The Bertz CT molecular complexity index is 590. The summed E-state index contributed by atoms with van der Waals surface area (Å²) < 4.78 is 11.1. The van der Waals surface area contributed by atoms with E-state index in [1.54, 1.807) is 0 Å². The van der Waals surface area contributed by atoms with Gasteiger partial charge in [-0.2, -0.15) is 0 Å². The van der Waals surface area contributed by atoms with Crippen LogP contribution in [0.2, 0.25) is 0 Å².